The second-order valence-electron chi connectivity index (χ2n) is 9.25. The van der Waals surface area contributed by atoms with Crippen LogP contribution in [0.2, 0.25) is 0 Å². The first-order chi connectivity index (χ1) is 14.6. The van der Waals surface area contributed by atoms with E-state index in [9.17, 15) is 9.59 Å². The Kier molecular flexibility index (Phi) is 6.96. The van der Waals surface area contributed by atoms with Gasteiger partial charge in [0.1, 0.15) is 22.9 Å². The van der Waals surface area contributed by atoms with Crippen molar-refractivity contribution in [3.63, 3.8) is 0 Å². The zero-order chi connectivity index (χ0) is 22.8. The van der Waals surface area contributed by atoms with Gasteiger partial charge in [0.05, 0.1) is 5.56 Å². The lowest BCUT2D eigenvalue weighted by molar-refractivity contribution is -0.198. The molecule has 2 heterocycles. The Morgan fingerprint density at radius 1 is 1.19 bits per heavy atom. The number of Topliss-reactive ketones (excluding diaryl/α,β-unsaturated/α-hetero) is 1. The van der Waals surface area contributed by atoms with E-state index < -0.39 is 23.4 Å². The Labute approximate surface area is 185 Å². The van der Waals surface area contributed by atoms with Crippen molar-refractivity contribution in [3.05, 3.63) is 29.3 Å². The minimum Gasteiger partial charge on any atom is -0.485 e. The van der Waals surface area contributed by atoms with Crippen LogP contribution in [0.25, 0.3) is 0 Å². The number of hydrogen-bond donors (Lipinski definition) is 0. The Morgan fingerprint density at radius 2 is 1.81 bits per heavy atom. The van der Waals surface area contributed by atoms with Crippen LogP contribution in [0.5, 0.6) is 5.75 Å². The summed E-state index contributed by atoms with van der Waals surface area (Å²) in [6.07, 6.45) is -0.0633. The molecule has 31 heavy (non-hydrogen) atoms. The maximum Gasteiger partial charge on any atom is 0.410 e. The quantitative estimate of drug-likeness (QED) is 0.643. The first kappa shape index (κ1) is 23.5. The maximum absolute atomic E-state index is 13.7. The number of ether oxygens (including phenoxy) is 4. The molecule has 1 amide bonds. The average molecular weight is 434 g/mol. The van der Waals surface area contributed by atoms with Crippen molar-refractivity contribution >= 4 is 11.9 Å². The predicted octanol–water partition coefficient (Wildman–Crippen LogP) is 4.36. The van der Waals surface area contributed by atoms with Crippen molar-refractivity contribution < 1.29 is 28.5 Å². The van der Waals surface area contributed by atoms with Crippen molar-refractivity contribution in [2.75, 3.05) is 26.3 Å². The van der Waals surface area contributed by atoms with E-state index in [-0.39, 0.29) is 11.9 Å². The topological polar surface area (TPSA) is 74.3 Å². The van der Waals surface area contributed by atoms with Crippen molar-refractivity contribution in [2.45, 2.75) is 71.9 Å². The summed E-state index contributed by atoms with van der Waals surface area (Å²) in [7, 11) is 0. The van der Waals surface area contributed by atoms with Crippen LogP contribution in [0.3, 0.4) is 0 Å². The number of hydrogen-bond acceptors (Lipinski definition) is 6. The molecule has 1 atom stereocenters. The molecule has 172 valence electrons. The molecule has 1 fully saturated rings. The van der Waals surface area contributed by atoms with Crippen molar-refractivity contribution in [1.29, 1.82) is 0 Å². The molecule has 0 aliphatic carbocycles. The highest BCUT2D eigenvalue weighted by molar-refractivity contribution is 6.02. The normalized spacial score (nSPS) is 20.5. The predicted molar refractivity (Wildman–Crippen MR) is 116 cm³/mol. The molecular formula is C24H35NO6. The second-order valence-corrected chi connectivity index (χ2v) is 9.25. The summed E-state index contributed by atoms with van der Waals surface area (Å²) in [5, 5.41) is 0. The molecule has 0 bridgehead atoms. The number of piperidine rings is 1. The molecule has 0 aromatic heterocycles. The summed E-state index contributed by atoms with van der Waals surface area (Å²) in [5.41, 5.74) is 0.203. The zero-order valence-corrected chi connectivity index (χ0v) is 19.5. The minimum atomic E-state index is -0.799. The number of ketones is 1. The smallest absolute Gasteiger partial charge is 0.410 e. The Morgan fingerprint density at radius 3 is 2.35 bits per heavy atom. The van der Waals surface area contributed by atoms with Crippen LogP contribution in [0, 0.1) is 12.8 Å². The molecule has 1 aromatic rings. The summed E-state index contributed by atoms with van der Waals surface area (Å²) in [6, 6.07) is 5.66. The van der Waals surface area contributed by atoms with Crippen LogP contribution in [-0.2, 0) is 14.2 Å². The lowest BCUT2D eigenvalue weighted by atomic mass is 9.73. The van der Waals surface area contributed by atoms with Crippen molar-refractivity contribution in [3.8, 4) is 5.75 Å². The molecule has 1 unspecified atom stereocenters. The molecule has 7 nitrogen and oxygen atoms in total. The van der Waals surface area contributed by atoms with E-state index in [1.54, 1.807) is 4.90 Å². The second kappa shape index (κ2) is 9.17. The van der Waals surface area contributed by atoms with Crippen LogP contribution in [0.4, 0.5) is 4.79 Å². The third kappa shape index (κ3) is 5.04. The third-order valence-corrected chi connectivity index (χ3v) is 5.76. The number of nitrogens with zero attached hydrogens (tertiary/aromatic N) is 1. The fourth-order valence-corrected chi connectivity index (χ4v) is 4.36. The number of fused-ring (bicyclic) bond motifs is 1. The molecular weight excluding hydrogens is 398 g/mol. The SMILES string of the molecule is CCOC(OCC)C1C(=O)c2cc(C)ccc2OC12CCN(C(=O)OC(C)(C)C)CC2. The van der Waals surface area contributed by atoms with Gasteiger partial charge in [-0.2, -0.15) is 0 Å². The van der Waals surface area contributed by atoms with Gasteiger partial charge in [0.25, 0.3) is 0 Å². The number of rotatable bonds is 5. The maximum atomic E-state index is 13.7. The molecule has 0 N–H and O–H groups in total. The summed E-state index contributed by atoms with van der Waals surface area (Å²) in [5.74, 6) is -0.0469. The first-order valence-electron chi connectivity index (χ1n) is 11.1. The van der Waals surface area contributed by atoms with Crippen LogP contribution >= 0.6 is 0 Å². The van der Waals surface area contributed by atoms with E-state index in [4.69, 9.17) is 18.9 Å². The van der Waals surface area contributed by atoms with Crippen molar-refractivity contribution in [2.24, 2.45) is 5.92 Å². The molecule has 3 rings (SSSR count). The lowest BCUT2D eigenvalue weighted by Crippen LogP contribution is -2.61. The van der Waals surface area contributed by atoms with Gasteiger partial charge in [0, 0.05) is 39.1 Å². The number of benzene rings is 1. The van der Waals surface area contributed by atoms with Gasteiger partial charge in [-0.1, -0.05) is 11.6 Å². The Hall–Kier alpha value is -2.12. The molecule has 1 aromatic carbocycles. The van der Waals surface area contributed by atoms with Gasteiger partial charge in [0.2, 0.25) is 0 Å². The highest BCUT2D eigenvalue weighted by Gasteiger charge is 2.55. The molecule has 2 aliphatic heterocycles. The van der Waals surface area contributed by atoms with Gasteiger partial charge in [0.15, 0.2) is 12.1 Å². The number of likely N-dealkylation sites (tertiary alicyclic amines) is 1. The van der Waals surface area contributed by atoms with Gasteiger partial charge in [-0.05, 0) is 53.7 Å². The largest absolute Gasteiger partial charge is 0.485 e. The molecule has 0 saturated carbocycles. The monoisotopic (exact) mass is 433 g/mol. The van der Waals surface area contributed by atoms with E-state index >= 15 is 0 Å². The molecule has 0 radical (unpaired) electrons. The van der Waals surface area contributed by atoms with Crippen LogP contribution in [-0.4, -0.2) is 60.6 Å². The van der Waals surface area contributed by atoms with Crippen LogP contribution < -0.4 is 4.74 Å². The Bertz CT molecular complexity index is 801. The summed E-state index contributed by atoms with van der Waals surface area (Å²) < 4.78 is 23.8. The number of amides is 1. The average Bonchev–Trinajstić information content (AvgIpc) is 2.68. The molecule has 7 heteroatoms. The van der Waals surface area contributed by atoms with E-state index in [1.807, 2.05) is 59.7 Å². The van der Waals surface area contributed by atoms with E-state index in [2.05, 4.69) is 0 Å². The highest BCUT2D eigenvalue weighted by Crippen LogP contribution is 2.45. The fraction of sp³-hybridized carbons (Fsp3) is 0.667. The van der Waals surface area contributed by atoms with Gasteiger partial charge in [-0.25, -0.2) is 4.79 Å². The molecule has 1 spiro atoms. The number of aryl methyl sites for hydroxylation is 1. The lowest BCUT2D eigenvalue weighted by Gasteiger charge is -2.49. The zero-order valence-electron chi connectivity index (χ0n) is 19.5. The molecule has 1 saturated heterocycles. The standard InChI is InChI=1S/C24H35NO6/c1-7-28-21(29-8-2)19-20(26)17-15-16(3)9-10-18(17)30-24(19)11-13-25(14-12-24)22(27)31-23(4,5)6/h9-10,15,19,21H,7-8,11-14H2,1-6H3. The highest BCUT2D eigenvalue weighted by atomic mass is 16.7. The summed E-state index contributed by atoms with van der Waals surface area (Å²) in [4.78, 5) is 27.9. The van der Waals surface area contributed by atoms with E-state index in [0.29, 0.717) is 50.5 Å². The van der Waals surface area contributed by atoms with Crippen molar-refractivity contribution in [1.82, 2.24) is 4.90 Å². The first-order valence-corrected chi connectivity index (χ1v) is 11.1. The van der Waals surface area contributed by atoms with Gasteiger partial charge in [-0.15, -0.1) is 0 Å². The van der Waals surface area contributed by atoms with Crippen LogP contribution in [0.15, 0.2) is 18.2 Å². The summed E-state index contributed by atoms with van der Waals surface area (Å²) >= 11 is 0. The number of carbonyl (C=O) groups is 2. The minimum absolute atomic E-state index is 0.0254. The molecule has 2 aliphatic rings. The third-order valence-electron chi connectivity index (χ3n) is 5.76. The summed E-state index contributed by atoms with van der Waals surface area (Å²) in [6.45, 7) is 13.0. The number of carbonyl (C=O) groups excluding carboxylic acids is 2. The van der Waals surface area contributed by atoms with E-state index in [0.717, 1.165) is 5.56 Å². The van der Waals surface area contributed by atoms with Gasteiger partial charge in [-0.3, -0.25) is 4.79 Å². The van der Waals surface area contributed by atoms with Gasteiger partial charge >= 0.3 is 6.09 Å². The van der Waals surface area contributed by atoms with Gasteiger partial charge < -0.3 is 23.8 Å². The van der Waals surface area contributed by atoms with E-state index in [1.165, 1.54) is 0 Å². The fourth-order valence-electron chi connectivity index (χ4n) is 4.36. The Balaban J connectivity index is 1.91. The van der Waals surface area contributed by atoms with Crippen LogP contribution in [0.1, 0.15) is 63.4 Å².